The number of hydrogen-bond donors (Lipinski definition) is 1. The Kier molecular flexibility index (Phi) is 3.86. The van der Waals surface area contributed by atoms with E-state index in [1.165, 1.54) is 0 Å². The highest BCUT2D eigenvalue weighted by Crippen LogP contribution is 2.15. The van der Waals surface area contributed by atoms with Gasteiger partial charge in [-0.1, -0.05) is 0 Å². The monoisotopic (exact) mass is 269 g/mol. The fourth-order valence-electron chi connectivity index (χ4n) is 1.05. The first-order chi connectivity index (χ1) is 8.20. The number of hydrogen-bond acceptors (Lipinski definition) is 5. The maximum atomic E-state index is 11.7. The first-order valence-electron chi connectivity index (χ1n) is 4.39. The maximum Gasteiger partial charge on any atom is 0.522 e. The number of rotatable bonds is 4. The van der Waals surface area contributed by atoms with E-state index in [2.05, 4.69) is 4.74 Å². The summed E-state index contributed by atoms with van der Waals surface area (Å²) in [6, 6.07) is 0. The number of nitrogens with zero attached hydrogens (tertiary/aromatic N) is 2. The van der Waals surface area contributed by atoms with E-state index < -0.39 is 41.4 Å². The summed E-state index contributed by atoms with van der Waals surface area (Å²) >= 11 is 0. The Balaban J connectivity index is 2.90. The molecule has 0 aromatic carbocycles. The Morgan fingerprint density at radius 1 is 1.44 bits per heavy atom. The van der Waals surface area contributed by atoms with Crippen molar-refractivity contribution in [3.8, 4) is 0 Å². The van der Waals surface area contributed by atoms with E-state index in [9.17, 15) is 32.9 Å². The normalized spacial score (nSPS) is 11.5. The van der Waals surface area contributed by atoms with Crippen molar-refractivity contribution >= 4 is 5.69 Å². The first-order valence-corrected chi connectivity index (χ1v) is 4.39. The smallest absolute Gasteiger partial charge is 0.291 e. The van der Waals surface area contributed by atoms with Crippen molar-refractivity contribution in [2.75, 3.05) is 6.61 Å². The zero-order valence-corrected chi connectivity index (χ0v) is 8.56. The molecule has 100 valence electrons. The third kappa shape index (κ3) is 3.69. The lowest BCUT2D eigenvalue weighted by Gasteiger charge is -2.08. The van der Waals surface area contributed by atoms with Gasteiger partial charge in [0.2, 0.25) is 0 Å². The largest absolute Gasteiger partial charge is 0.522 e. The van der Waals surface area contributed by atoms with Crippen LogP contribution in [0.4, 0.5) is 18.9 Å². The molecule has 1 aromatic heterocycles. The van der Waals surface area contributed by atoms with Crippen molar-refractivity contribution < 1.29 is 22.8 Å². The Morgan fingerprint density at radius 3 is 2.56 bits per heavy atom. The van der Waals surface area contributed by atoms with Gasteiger partial charge in [0.05, 0.1) is 24.3 Å². The van der Waals surface area contributed by atoms with E-state index in [-0.39, 0.29) is 0 Å². The molecule has 0 saturated heterocycles. The number of nitrogens with one attached hydrogen (secondary N) is 1. The van der Waals surface area contributed by atoms with E-state index in [4.69, 9.17) is 0 Å². The molecular formula is C7H6F3N3O5. The van der Waals surface area contributed by atoms with Gasteiger partial charge >= 0.3 is 23.3 Å². The molecule has 0 unspecified atom stereocenters. The second kappa shape index (κ2) is 5.00. The van der Waals surface area contributed by atoms with Gasteiger partial charge in [0.25, 0.3) is 0 Å². The molecule has 1 heterocycles. The lowest BCUT2D eigenvalue weighted by Crippen LogP contribution is -2.32. The Labute approximate surface area is 95.8 Å². The molecule has 1 N–H and O–H groups in total. The first kappa shape index (κ1) is 13.9. The molecule has 0 amide bonds. The molecule has 1 rings (SSSR count). The summed E-state index contributed by atoms with van der Waals surface area (Å²) in [6.07, 6.45) is -4.31. The summed E-state index contributed by atoms with van der Waals surface area (Å²) in [5, 5.41) is 10.4. The van der Waals surface area contributed by atoms with Crippen molar-refractivity contribution in [1.82, 2.24) is 9.55 Å². The summed E-state index contributed by atoms with van der Waals surface area (Å²) in [4.78, 5) is 33.0. The Morgan fingerprint density at radius 2 is 2.06 bits per heavy atom. The van der Waals surface area contributed by atoms with Gasteiger partial charge in [0.15, 0.2) is 0 Å². The lowest BCUT2D eigenvalue weighted by molar-refractivity contribution is -0.386. The van der Waals surface area contributed by atoms with Crippen LogP contribution in [0, 0.1) is 10.1 Å². The average molecular weight is 269 g/mol. The van der Waals surface area contributed by atoms with Crippen molar-refractivity contribution in [3.05, 3.63) is 37.1 Å². The molecule has 11 heteroatoms. The highest BCUT2D eigenvalue weighted by Gasteiger charge is 2.28. The molecule has 0 aliphatic heterocycles. The SMILES string of the molecule is O=c1[nH]c(=O)n(CCOC(F)(F)F)cc1[N+](=O)[O-]. The summed E-state index contributed by atoms with van der Waals surface area (Å²) in [7, 11) is 0. The molecule has 18 heavy (non-hydrogen) atoms. The number of H-pyrrole nitrogens is 1. The van der Waals surface area contributed by atoms with Gasteiger partial charge in [0, 0.05) is 0 Å². The van der Waals surface area contributed by atoms with Gasteiger partial charge in [-0.15, -0.1) is 13.2 Å². The van der Waals surface area contributed by atoms with Crippen LogP contribution in [0.5, 0.6) is 0 Å². The van der Waals surface area contributed by atoms with Crippen LogP contribution in [0.25, 0.3) is 0 Å². The predicted octanol–water partition coefficient (Wildman–Crippen LogP) is -0.0188. The fourth-order valence-corrected chi connectivity index (χ4v) is 1.05. The summed E-state index contributed by atoms with van der Waals surface area (Å²) in [6.45, 7) is -1.50. The molecule has 0 fully saturated rings. The van der Waals surface area contributed by atoms with Gasteiger partial charge in [-0.3, -0.25) is 29.2 Å². The van der Waals surface area contributed by atoms with Crippen molar-refractivity contribution in [2.24, 2.45) is 0 Å². The molecular weight excluding hydrogens is 263 g/mol. The van der Waals surface area contributed by atoms with Crippen LogP contribution in [-0.2, 0) is 11.3 Å². The molecule has 0 spiro atoms. The zero-order chi connectivity index (χ0) is 13.9. The molecule has 0 saturated carbocycles. The minimum Gasteiger partial charge on any atom is -0.291 e. The van der Waals surface area contributed by atoms with Crippen LogP contribution in [0.3, 0.4) is 0 Å². The molecule has 1 aromatic rings. The predicted molar refractivity (Wildman–Crippen MR) is 50.0 cm³/mol. The number of aromatic nitrogens is 2. The number of halogens is 3. The van der Waals surface area contributed by atoms with Gasteiger partial charge in [0.1, 0.15) is 0 Å². The van der Waals surface area contributed by atoms with Crippen LogP contribution in [0.15, 0.2) is 15.8 Å². The van der Waals surface area contributed by atoms with Gasteiger partial charge in [-0.25, -0.2) is 4.79 Å². The average Bonchev–Trinajstić information content (AvgIpc) is 2.18. The van der Waals surface area contributed by atoms with Crippen LogP contribution >= 0.6 is 0 Å². The van der Waals surface area contributed by atoms with Crippen LogP contribution in [0.2, 0.25) is 0 Å². The summed E-state index contributed by atoms with van der Waals surface area (Å²) < 4.78 is 38.9. The van der Waals surface area contributed by atoms with Crippen molar-refractivity contribution in [1.29, 1.82) is 0 Å². The number of alkyl halides is 3. The molecule has 0 radical (unpaired) electrons. The topological polar surface area (TPSA) is 107 Å². The number of ether oxygens (including phenoxy) is 1. The van der Waals surface area contributed by atoms with E-state index in [1.54, 1.807) is 4.98 Å². The fraction of sp³-hybridized carbons (Fsp3) is 0.429. The number of aromatic amines is 1. The third-order valence-corrected chi connectivity index (χ3v) is 1.79. The highest BCUT2D eigenvalue weighted by atomic mass is 19.4. The standard InChI is InChI=1S/C7H6F3N3O5/c8-7(9,10)18-2-1-12-3-4(13(16)17)5(14)11-6(12)15/h3H,1-2H2,(H,11,14,15). The van der Waals surface area contributed by atoms with Gasteiger partial charge in [-0.05, 0) is 0 Å². The highest BCUT2D eigenvalue weighted by molar-refractivity contribution is 5.20. The van der Waals surface area contributed by atoms with Crippen LogP contribution < -0.4 is 11.2 Å². The molecule has 0 aliphatic carbocycles. The quantitative estimate of drug-likeness (QED) is 0.610. The minimum atomic E-state index is -4.86. The molecule has 0 atom stereocenters. The van der Waals surface area contributed by atoms with E-state index in [0.717, 1.165) is 0 Å². The van der Waals surface area contributed by atoms with Crippen molar-refractivity contribution in [3.63, 3.8) is 0 Å². The van der Waals surface area contributed by atoms with Crippen LogP contribution in [-0.4, -0.2) is 27.4 Å². The molecule has 0 bridgehead atoms. The number of nitro groups is 1. The molecule has 0 aliphatic rings. The van der Waals surface area contributed by atoms with Gasteiger partial charge in [-0.2, -0.15) is 0 Å². The third-order valence-electron chi connectivity index (χ3n) is 1.79. The summed E-state index contributed by atoms with van der Waals surface area (Å²) in [5.41, 5.74) is -3.23. The lowest BCUT2D eigenvalue weighted by atomic mass is 10.5. The summed E-state index contributed by atoms with van der Waals surface area (Å²) in [5.74, 6) is 0. The van der Waals surface area contributed by atoms with E-state index >= 15 is 0 Å². The van der Waals surface area contributed by atoms with Crippen molar-refractivity contribution in [2.45, 2.75) is 12.9 Å². The van der Waals surface area contributed by atoms with E-state index in [0.29, 0.717) is 10.8 Å². The second-order valence-electron chi connectivity index (χ2n) is 3.02. The zero-order valence-electron chi connectivity index (χ0n) is 8.56. The second-order valence-corrected chi connectivity index (χ2v) is 3.02. The van der Waals surface area contributed by atoms with E-state index in [1.807, 2.05) is 0 Å². The Bertz CT molecular complexity index is 561. The Hall–Kier alpha value is -2.17. The van der Waals surface area contributed by atoms with Crippen LogP contribution in [0.1, 0.15) is 0 Å². The van der Waals surface area contributed by atoms with Gasteiger partial charge < -0.3 is 0 Å². The minimum absolute atomic E-state index is 0.547. The molecule has 8 nitrogen and oxygen atoms in total. The maximum absolute atomic E-state index is 11.7.